The molecule has 78 valence electrons. The topological polar surface area (TPSA) is 12.0 Å². The van der Waals surface area contributed by atoms with Gasteiger partial charge in [-0.05, 0) is 0 Å². The summed E-state index contributed by atoms with van der Waals surface area (Å²) in [6, 6.07) is 7.65. The van der Waals surface area contributed by atoms with Gasteiger partial charge in [-0.25, -0.2) is 4.39 Å². The van der Waals surface area contributed by atoms with Crippen molar-refractivity contribution in [1.82, 2.24) is 5.32 Å². The number of nitrogens with one attached hydrogen (secondary N) is 1. The Balaban J connectivity index is 2.48. The molecule has 0 heterocycles. The van der Waals surface area contributed by atoms with Crippen LogP contribution in [0.3, 0.4) is 0 Å². The molecule has 0 aliphatic rings. The molecule has 1 aromatic carbocycles. The molecule has 1 aromatic rings. The molecule has 0 spiro atoms. The molecule has 0 bridgehead atoms. The Morgan fingerprint density at radius 3 is 2.21 bits per heavy atom. The summed E-state index contributed by atoms with van der Waals surface area (Å²) < 4.78 is 48.2. The molecule has 0 radical (unpaired) electrons. The Hall–Kier alpha value is -1.10. The normalized spacial score (nSPS) is 14.0. The van der Waals surface area contributed by atoms with Crippen molar-refractivity contribution >= 4 is 0 Å². The zero-order valence-corrected chi connectivity index (χ0v) is 7.18. The lowest BCUT2D eigenvalue weighted by atomic mass is 10.2. The largest absolute Gasteiger partial charge is 0.401 e. The number of hydrogen-bond donors (Lipinski definition) is 1. The molecule has 0 aliphatic carbocycles. The highest BCUT2D eigenvalue weighted by Crippen LogP contribution is 2.17. The highest BCUT2D eigenvalue weighted by atomic mass is 19.4. The van der Waals surface area contributed by atoms with Crippen LogP contribution in [-0.4, -0.2) is 12.7 Å². The van der Waals surface area contributed by atoms with Crippen molar-refractivity contribution < 1.29 is 17.6 Å². The van der Waals surface area contributed by atoms with E-state index in [1.807, 2.05) is 0 Å². The minimum atomic E-state index is -4.39. The lowest BCUT2D eigenvalue weighted by Gasteiger charge is -2.12. The second-order valence-electron chi connectivity index (χ2n) is 2.77. The maximum absolute atomic E-state index is 13.1. The first-order valence-electron chi connectivity index (χ1n) is 3.98. The molecule has 0 saturated carbocycles. The summed E-state index contributed by atoms with van der Waals surface area (Å²) in [5, 5.41) is 1.75. The molecule has 1 rings (SSSR count). The van der Waals surface area contributed by atoms with Gasteiger partial charge in [-0.2, -0.15) is 13.2 Å². The molecule has 0 amide bonds. The Morgan fingerprint density at radius 1 is 1.14 bits per heavy atom. The summed E-state index contributed by atoms with van der Waals surface area (Å²) in [6.07, 6.45) is -6.17. The standard InChI is InChI=1S/C9H9F4N/c10-8(14-6-9(11,12)13)7-4-2-1-3-5-7/h1-5,8,14H,6H2. The van der Waals surface area contributed by atoms with Gasteiger partial charge in [-0.15, -0.1) is 0 Å². The van der Waals surface area contributed by atoms with Crippen LogP contribution in [-0.2, 0) is 0 Å². The van der Waals surface area contributed by atoms with E-state index in [2.05, 4.69) is 0 Å². The van der Waals surface area contributed by atoms with E-state index in [4.69, 9.17) is 0 Å². The van der Waals surface area contributed by atoms with E-state index >= 15 is 0 Å². The van der Waals surface area contributed by atoms with Crippen LogP contribution in [0.25, 0.3) is 0 Å². The minimum Gasteiger partial charge on any atom is -0.275 e. The smallest absolute Gasteiger partial charge is 0.275 e. The number of alkyl halides is 4. The summed E-state index contributed by atoms with van der Waals surface area (Å²) in [5.74, 6) is 0. The van der Waals surface area contributed by atoms with Gasteiger partial charge in [0.25, 0.3) is 0 Å². The van der Waals surface area contributed by atoms with Gasteiger partial charge in [0.2, 0.25) is 0 Å². The predicted molar refractivity (Wildman–Crippen MR) is 44.3 cm³/mol. The molecule has 14 heavy (non-hydrogen) atoms. The molecular formula is C9H9F4N. The molecular weight excluding hydrogens is 198 g/mol. The summed E-state index contributed by atoms with van der Waals surface area (Å²) in [7, 11) is 0. The fourth-order valence-electron chi connectivity index (χ4n) is 0.945. The van der Waals surface area contributed by atoms with Crippen LogP contribution in [0.2, 0.25) is 0 Å². The van der Waals surface area contributed by atoms with Gasteiger partial charge in [-0.1, -0.05) is 30.3 Å². The second-order valence-corrected chi connectivity index (χ2v) is 2.77. The highest BCUT2D eigenvalue weighted by Gasteiger charge is 2.28. The van der Waals surface area contributed by atoms with E-state index in [0.717, 1.165) is 0 Å². The molecule has 1 nitrogen and oxygen atoms in total. The lowest BCUT2D eigenvalue weighted by Crippen LogP contribution is -2.30. The van der Waals surface area contributed by atoms with Crippen LogP contribution in [0.4, 0.5) is 17.6 Å². The summed E-state index contributed by atoms with van der Waals surface area (Å²) in [5.41, 5.74) is 0.191. The molecule has 0 fully saturated rings. The molecule has 1 unspecified atom stereocenters. The fourth-order valence-corrected chi connectivity index (χ4v) is 0.945. The Bertz CT molecular complexity index is 270. The van der Waals surface area contributed by atoms with Gasteiger partial charge in [-0.3, -0.25) is 5.32 Å². The van der Waals surface area contributed by atoms with Gasteiger partial charge >= 0.3 is 6.18 Å². The first-order chi connectivity index (χ1) is 6.49. The monoisotopic (exact) mass is 207 g/mol. The van der Waals surface area contributed by atoms with Crippen molar-refractivity contribution in [1.29, 1.82) is 0 Å². The van der Waals surface area contributed by atoms with Crippen molar-refractivity contribution in [3.8, 4) is 0 Å². The van der Waals surface area contributed by atoms with Crippen molar-refractivity contribution in [2.45, 2.75) is 12.5 Å². The third-order valence-electron chi connectivity index (χ3n) is 1.57. The van der Waals surface area contributed by atoms with E-state index in [-0.39, 0.29) is 5.56 Å². The van der Waals surface area contributed by atoms with Crippen LogP contribution in [0.5, 0.6) is 0 Å². The van der Waals surface area contributed by atoms with Crippen LogP contribution in [0.15, 0.2) is 30.3 Å². The third-order valence-corrected chi connectivity index (χ3v) is 1.57. The van der Waals surface area contributed by atoms with Crippen LogP contribution < -0.4 is 5.32 Å². The molecule has 1 atom stereocenters. The Morgan fingerprint density at radius 2 is 1.71 bits per heavy atom. The third kappa shape index (κ3) is 3.74. The average Bonchev–Trinajstić information content (AvgIpc) is 2.14. The first kappa shape index (κ1) is 11.0. The van der Waals surface area contributed by atoms with Crippen LogP contribution in [0.1, 0.15) is 11.9 Å². The van der Waals surface area contributed by atoms with E-state index in [1.165, 1.54) is 12.1 Å². The Kier molecular flexibility index (Phi) is 3.46. The first-order valence-corrected chi connectivity index (χ1v) is 3.98. The van der Waals surface area contributed by atoms with Crippen molar-refractivity contribution in [3.63, 3.8) is 0 Å². The highest BCUT2D eigenvalue weighted by molar-refractivity contribution is 5.16. The lowest BCUT2D eigenvalue weighted by molar-refractivity contribution is -0.128. The Labute approximate surface area is 78.7 Å². The molecule has 5 heteroatoms. The van der Waals surface area contributed by atoms with E-state index in [1.54, 1.807) is 23.5 Å². The summed E-state index contributed by atoms with van der Waals surface area (Å²) in [6.45, 7) is -1.33. The van der Waals surface area contributed by atoms with Gasteiger partial charge in [0.15, 0.2) is 6.30 Å². The quantitative estimate of drug-likeness (QED) is 0.593. The van der Waals surface area contributed by atoms with Gasteiger partial charge < -0.3 is 0 Å². The van der Waals surface area contributed by atoms with Gasteiger partial charge in [0.05, 0.1) is 6.54 Å². The maximum Gasteiger partial charge on any atom is 0.401 e. The fraction of sp³-hybridized carbons (Fsp3) is 0.333. The number of rotatable bonds is 3. The molecule has 0 saturated heterocycles. The SMILES string of the molecule is FC(NCC(F)(F)F)c1ccccc1. The minimum absolute atomic E-state index is 0.191. The number of hydrogen-bond acceptors (Lipinski definition) is 1. The average molecular weight is 207 g/mol. The molecule has 0 aromatic heterocycles. The van der Waals surface area contributed by atoms with Crippen LogP contribution in [0, 0.1) is 0 Å². The summed E-state index contributed by atoms with van der Waals surface area (Å²) >= 11 is 0. The van der Waals surface area contributed by atoms with Crippen molar-refractivity contribution in [3.05, 3.63) is 35.9 Å². The second kappa shape index (κ2) is 4.41. The van der Waals surface area contributed by atoms with E-state index < -0.39 is 19.0 Å². The summed E-state index contributed by atoms with van der Waals surface area (Å²) in [4.78, 5) is 0. The molecule has 0 aliphatic heterocycles. The van der Waals surface area contributed by atoms with Crippen molar-refractivity contribution in [2.24, 2.45) is 0 Å². The van der Waals surface area contributed by atoms with E-state index in [9.17, 15) is 17.6 Å². The number of halogens is 4. The van der Waals surface area contributed by atoms with Crippen molar-refractivity contribution in [2.75, 3.05) is 6.54 Å². The predicted octanol–water partition coefficient (Wildman–Crippen LogP) is 2.81. The van der Waals surface area contributed by atoms with Crippen LogP contribution >= 0.6 is 0 Å². The van der Waals surface area contributed by atoms with Gasteiger partial charge in [0.1, 0.15) is 0 Å². The number of benzene rings is 1. The maximum atomic E-state index is 13.1. The van der Waals surface area contributed by atoms with Gasteiger partial charge in [0, 0.05) is 5.56 Å². The van der Waals surface area contributed by atoms with E-state index in [0.29, 0.717) is 0 Å². The zero-order chi connectivity index (χ0) is 10.6. The molecule has 1 N–H and O–H groups in total. The zero-order valence-electron chi connectivity index (χ0n) is 7.18.